The quantitative estimate of drug-likeness (QED) is 0.805. The first kappa shape index (κ1) is 13.6. The van der Waals surface area contributed by atoms with E-state index in [9.17, 15) is 0 Å². The highest BCUT2D eigenvalue weighted by molar-refractivity contribution is 5.85. The third-order valence-electron chi connectivity index (χ3n) is 4.40. The highest BCUT2D eigenvalue weighted by Gasteiger charge is 2.35. The minimum absolute atomic E-state index is 0. The molecular formula is C13H25ClN2O. The zero-order valence-corrected chi connectivity index (χ0v) is 11.3. The topological polar surface area (TPSA) is 33.3 Å². The summed E-state index contributed by atoms with van der Waals surface area (Å²) >= 11 is 0. The highest BCUT2D eigenvalue weighted by atomic mass is 35.5. The second-order valence-electron chi connectivity index (χ2n) is 5.69. The molecule has 0 amide bonds. The summed E-state index contributed by atoms with van der Waals surface area (Å²) in [6.07, 6.45) is 7.05. The van der Waals surface area contributed by atoms with E-state index < -0.39 is 0 Å². The number of hydrogen-bond acceptors (Lipinski definition) is 3. The minimum Gasteiger partial charge on any atom is -0.379 e. The van der Waals surface area contributed by atoms with Crippen LogP contribution in [-0.4, -0.2) is 38.4 Å². The largest absolute Gasteiger partial charge is 0.379 e. The van der Waals surface area contributed by atoms with E-state index in [4.69, 9.17) is 4.74 Å². The van der Waals surface area contributed by atoms with Crippen LogP contribution >= 0.6 is 12.4 Å². The molecule has 4 heteroatoms. The predicted molar refractivity (Wildman–Crippen MR) is 71.7 cm³/mol. The lowest BCUT2D eigenvalue weighted by Gasteiger charge is -2.33. The smallest absolute Gasteiger partial charge is 0.0623 e. The molecule has 100 valence electrons. The predicted octanol–water partition coefficient (Wildman–Crippen LogP) is 1.56. The van der Waals surface area contributed by atoms with E-state index in [0.717, 1.165) is 37.6 Å². The fourth-order valence-electron chi connectivity index (χ4n) is 3.22. The van der Waals surface area contributed by atoms with Gasteiger partial charge < -0.3 is 15.4 Å². The zero-order valence-electron chi connectivity index (χ0n) is 10.5. The van der Waals surface area contributed by atoms with Crippen LogP contribution in [0.2, 0.25) is 0 Å². The van der Waals surface area contributed by atoms with Crippen LogP contribution in [-0.2, 0) is 4.74 Å². The standard InChI is InChI=1S/C13H24N2O.ClH/c1-2-11(13-9-16-7-6-14-13)12(3-1)15-8-10-4-5-10;/h10-15H,1-9H2;1H. The van der Waals surface area contributed by atoms with Crippen LogP contribution < -0.4 is 10.6 Å². The van der Waals surface area contributed by atoms with E-state index >= 15 is 0 Å². The van der Waals surface area contributed by atoms with Gasteiger partial charge in [0, 0.05) is 18.6 Å². The summed E-state index contributed by atoms with van der Waals surface area (Å²) in [7, 11) is 0. The number of halogens is 1. The minimum atomic E-state index is 0. The van der Waals surface area contributed by atoms with Gasteiger partial charge in [-0.05, 0) is 44.1 Å². The first-order valence-corrected chi connectivity index (χ1v) is 6.98. The molecule has 2 saturated carbocycles. The van der Waals surface area contributed by atoms with Crippen molar-refractivity contribution in [3.8, 4) is 0 Å². The van der Waals surface area contributed by atoms with Gasteiger partial charge in [0.2, 0.25) is 0 Å². The summed E-state index contributed by atoms with van der Waals surface area (Å²) in [5, 5.41) is 7.42. The second-order valence-corrected chi connectivity index (χ2v) is 5.69. The molecule has 2 aliphatic carbocycles. The lowest BCUT2D eigenvalue weighted by atomic mass is 9.94. The Morgan fingerprint density at radius 2 is 2.06 bits per heavy atom. The van der Waals surface area contributed by atoms with Crippen molar-refractivity contribution in [2.75, 3.05) is 26.3 Å². The molecule has 0 aromatic heterocycles. The summed E-state index contributed by atoms with van der Waals surface area (Å²) in [6.45, 7) is 4.11. The first-order chi connectivity index (χ1) is 7.93. The van der Waals surface area contributed by atoms with Crippen LogP contribution in [0.25, 0.3) is 0 Å². The third-order valence-corrected chi connectivity index (χ3v) is 4.40. The molecule has 17 heavy (non-hydrogen) atoms. The van der Waals surface area contributed by atoms with E-state index in [1.165, 1.54) is 38.6 Å². The van der Waals surface area contributed by atoms with Gasteiger partial charge in [-0.15, -0.1) is 12.4 Å². The Kier molecular flexibility index (Phi) is 5.10. The van der Waals surface area contributed by atoms with Gasteiger partial charge in [-0.2, -0.15) is 0 Å². The van der Waals surface area contributed by atoms with Crippen molar-refractivity contribution in [3.63, 3.8) is 0 Å². The molecule has 1 saturated heterocycles. The van der Waals surface area contributed by atoms with Crippen molar-refractivity contribution in [1.82, 2.24) is 10.6 Å². The van der Waals surface area contributed by atoms with E-state index in [0.29, 0.717) is 6.04 Å². The van der Waals surface area contributed by atoms with Crippen LogP contribution in [0.4, 0.5) is 0 Å². The molecule has 3 fully saturated rings. The van der Waals surface area contributed by atoms with Crippen molar-refractivity contribution in [3.05, 3.63) is 0 Å². The van der Waals surface area contributed by atoms with Crippen molar-refractivity contribution in [2.24, 2.45) is 11.8 Å². The van der Waals surface area contributed by atoms with Gasteiger partial charge in [-0.3, -0.25) is 0 Å². The number of ether oxygens (including phenoxy) is 1. The maximum absolute atomic E-state index is 5.59. The van der Waals surface area contributed by atoms with Crippen molar-refractivity contribution < 1.29 is 4.74 Å². The van der Waals surface area contributed by atoms with Gasteiger partial charge in [-0.25, -0.2) is 0 Å². The molecule has 3 aliphatic rings. The average molecular weight is 261 g/mol. The molecule has 0 spiro atoms. The summed E-state index contributed by atoms with van der Waals surface area (Å²) in [5.74, 6) is 1.80. The van der Waals surface area contributed by atoms with Gasteiger partial charge in [0.1, 0.15) is 0 Å². The Hall–Kier alpha value is 0.170. The molecule has 1 heterocycles. The van der Waals surface area contributed by atoms with E-state index in [1.807, 2.05) is 0 Å². The molecule has 3 unspecified atom stereocenters. The molecule has 3 rings (SSSR count). The molecule has 1 aliphatic heterocycles. The van der Waals surface area contributed by atoms with Crippen LogP contribution in [0.5, 0.6) is 0 Å². The summed E-state index contributed by atoms with van der Waals surface area (Å²) in [4.78, 5) is 0. The zero-order chi connectivity index (χ0) is 10.8. The lowest BCUT2D eigenvalue weighted by molar-refractivity contribution is 0.0525. The SMILES string of the molecule is C1CC(NCC2CC2)C(C2COCCN2)C1.Cl. The van der Waals surface area contributed by atoms with E-state index in [2.05, 4.69) is 10.6 Å². The van der Waals surface area contributed by atoms with Gasteiger partial charge in [-0.1, -0.05) is 6.42 Å². The second kappa shape index (κ2) is 6.37. The highest BCUT2D eigenvalue weighted by Crippen LogP contribution is 2.32. The van der Waals surface area contributed by atoms with E-state index in [-0.39, 0.29) is 12.4 Å². The molecule has 3 nitrogen and oxygen atoms in total. The van der Waals surface area contributed by atoms with Crippen molar-refractivity contribution in [2.45, 2.75) is 44.2 Å². The van der Waals surface area contributed by atoms with Crippen LogP contribution in [0.15, 0.2) is 0 Å². The molecule has 2 N–H and O–H groups in total. The number of morpholine rings is 1. The van der Waals surface area contributed by atoms with Crippen LogP contribution in [0, 0.1) is 11.8 Å². The van der Waals surface area contributed by atoms with Gasteiger partial charge >= 0.3 is 0 Å². The molecule has 3 atom stereocenters. The Labute approximate surface area is 110 Å². The fourth-order valence-corrected chi connectivity index (χ4v) is 3.22. The average Bonchev–Trinajstić information content (AvgIpc) is 3.05. The number of hydrogen-bond donors (Lipinski definition) is 2. The Morgan fingerprint density at radius 1 is 1.18 bits per heavy atom. The van der Waals surface area contributed by atoms with Gasteiger partial charge in [0.25, 0.3) is 0 Å². The van der Waals surface area contributed by atoms with Crippen LogP contribution in [0.1, 0.15) is 32.1 Å². The third kappa shape index (κ3) is 3.57. The maximum Gasteiger partial charge on any atom is 0.0623 e. The molecule has 0 aromatic carbocycles. The monoisotopic (exact) mass is 260 g/mol. The van der Waals surface area contributed by atoms with Gasteiger partial charge in [0.05, 0.1) is 13.2 Å². The lowest BCUT2D eigenvalue weighted by Crippen LogP contribution is -2.51. The Bertz CT molecular complexity index is 229. The summed E-state index contributed by atoms with van der Waals surface area (Å²) < 4.78 is 5.59. The molecule has 0 bridgehead atoms. The summed E-state index contributed by atoms with van der Waals surface area (Å²) in [6, 6.07) is 1.35. The van der Waals surface area contributed by atoms with E-state index in [1.54, 1.807) is 0 Å². The van der Waals surface area contributed by atoms with Crippen molar-refractivity contribution in [1.29, 1.82) is 0 Å². The Balaban J connectivity index is 0.00000108. The molecule has 0 radical (unpaired) electrons. The summed E-state index contributed by atoms with van der Waals surface area (Å²) in [5.41, 5.74) is 0. The first-order valence-electron chi connectivity index (χ1n) is 6.98. The molecular weight excluding hydrogens is 236 g/mol. The number of rotatable bonds is 4. The van der Waals surface area contributed by atoms with Gasteiger partial charge in [0.15, 0.2) is 0 Å². The normalized spacial score (nSPS) is 37.8. The van der Waals surface area contributed by atoms with Crippen LogP contribution in [0.3, 0.4) is 0 Å². The molecule has 0 aromatic rings. The van der Waals surface area contributed by atoms with Crippen molar-refractivity contribution >= 4 is 12.4 Å². The Morgan fingerprint density at radius 3 is 2.76 bits per heavy atom. The number of nitrogens with one attached hydrogen (secondary N) is 2. The fraction of sp³-hybridized carbons (Fsp3) is 1.00. The maximum atomic E-state index is 5.59.